The van der Waals surface area contributed by atoms with E-state index in [1.807, 2.05) is 30.3 Å². The molecule has 0 amide bonds. The fraction of sp³-hybridized carbons (Fsp3) is 0.200. The second kappa shape index (κ2) is 6.24. The van der Waals surface area contributed by atoms with Gasteiger partial charge in [-0.1, -0.05) is 30.3 Å². The number of benzene rings is 2. The molecule has 2 aromatic rings. The Bertz CT molecular complexity index is 717. The van der Waals surface area contributed by atoms with Crippen LogP contribution in [-0.2, 0) is 10.0 Å². The van der Waals surface area contributed by atoms with E-state index in [2.05, 4.69) is 4.72 Å². The van der Waals surface area contributed by atoms with Crippen molar-refractivity contribution in [3.05, 3.63) is 59.9 Å². The van der Waals surface area contributed by atoms with Crippen LogP contribution in [0.2, 0.25) is 0 Å². The molecule has 0 aliphatic heterocycles. The van der Waals surface area contributed by atoms with Gasteiger partial charge in [-0.05, 0) is 24.6 Å². The average molecular weight is 309 g/mol. The molecule has 1 N–H and O–H groups in total. The molecule has 0 heterocycles. The second-order valence-corrected chi connectivity index (χ2v) is 6.26. The smallest absolute Gasteiger partial charge is 0.241 e. The van der Waals surface area contributed by atoms with E-state index in [-0.39, 0.29) is 10.6 Å². The molecule has 112 valence electrons. The predicted molar refractivity (Wildman–Crippen MR) is 78.1 cm³/mol. The zero-order valence-corrected chi connectivity index (χ0v) is 12.5. The predicted octanol–water partition coefficient (Wildman–Crippen LogP) is 2.87. The summed E-state index contributed by atoms with van der Waals surface area (Å²) in [5, 5.41) is 0. The first-order valence-corrected chi connectivity index (χ1v) is 7.83. The van der Waals surface area contributed by atoms with Crippen molar-refractivity contribution < 1.29 is 17.5 Å². The Balaban J connectivity index is 2.26. The number of methoxy groups -OCH3 is 1. The summed E-state index contributed by atoms with van der Waals surface area (Å²) in [6.07, 6.45) is 0. The molecule has 0 fully saturated rings. The normalized spacial score (nSPS) is 12.9. The van der Waals surface area contributed by atoms with Gasteiger partial charge in [0.25, 0.3) is 0 Å². The van der Waals surface area contributed by atoms with E-state index in [1.54, 1.807) is 6.92 Å². The van der Waals surface area contributed by atoms with Gasteiger partial charge in [0.1, 0.15) is 0 Å². The van der Waals surface area contributed by atoms with Crippen LogP contribution in [0.4, 0.5) is 4.39 Å². The summed E-state index contributed by atoms with van der Waals surface area (Å²) in [5.41, 5.74) is 0.843. The molecule has 0 aromatic heterocycles. The molecule has 0 radical (unpaired) electrons. The highest BCUT2D eigenvalue weighted by atomic mass is 32.2. The molecule has 0 spiro atoms. The first-order chi connectivity index (χ1) is 9.94. The van der Waals surface area contributed by atoms with Gasteiger partial charge < -0.3 is 4.74 Å². The van der Waals surface area contributed by atoms with Gasteiger partial charge in [-0.25, -0.2) is 17.5 Å². The van der Waals surface area contributed by atoms with Crippen LogP contribution < -0.4 is 9.46 Å². The van der Waals surface area contributed by atoms with Crippen LogP contribution in [0.5, 0.6) is 5.75 Å². The standard InChI is InChI=1S/C15H16FNO3S/c1-11(12-6-4-3-5-7-12)17-21(18,19)13-8-9-14(16)15(10-13)20-2/h3-11,17H,1-2H3. The summed E-state index contributed by atoms with van der Waals surface area (Å²) >= 11 is 0. The van der Waals surface area contributed by atoms with E-state index < -0.39 is 21.9 Å². The fourth-order valence-corrected chi connectivity index (χ4v) is 3.16. The number of rotatable bonds is 5. The van der Waals surface area contributed by atoms with E-state index in [0.717, 1.165) is 17.7 Å². The van der Waals surface area contributed by atoms with Crippen LogP contribution in [0.15, 0.2) is 53.4 Å². The summed E-state index contributed by atoms with van der Waals surface area (Å²) in [4.78, 5) is -0.0384. The molecule has 0 saturated carbocycles. The number of halogens is 1. The van der Waals surface area contributed by atoms with Crippen molar-refractivity contribution in [3.63, 3.8) is 0 Å². The highest BCUT2D eigenvalue weighted by Gasteiger charge is 2.20. The molecule has 6 heteroatoms. The van der Waals surface area contributed by atoms with Crippen molar-refractivity contribution in [3.8, 4) is 5.75 Å². The molecule has 0 aliphatic carbocycles. The van der Waals surface area contributed by atoms with E-state index in [9.17, 15) is 12.8 Å². The first kappa shape index (κ1) is 15.5. The Morgan fingerprint density at radius 1 is 1.14 bits per heavy atom. The zero-order chi connectivity index (χ0) is 15.5. The van der Waals surface area contributed by atoms with Crippen molar-refractivity contribution >= 4 is 10.0 Å². The molecule has 2 rings (SSSR count). The van der Waals surface area contributed by atoms with Gasteiger partial charge in [0, 0.05) is 12.1 Å². The zero-order valence-electron chi connectivity index (χ0n) is 11.7. The lowest BCUT2D eigenvalue weighted by Gasteiger charge is -2.15. The van der Waals surface area contributed by atoms with Crippen molar-refractivity contribution in [2.75, 3.05) is 7.11 Å². The Labute approximate surface area is 123 Å². The Morgan fingerprint density at radius 3 is 2.43 bits per heavy atom. The van der Waals surface area contributed by atoms with Crippen molar-refractivity contribution in [2.45, 2.75) is 17.9 Å². The van der Waals surface area contributed by atoms with Gasteiger partial charge >= 0.3 is 0 Å². The number of nitrogens with one attached hydrogen (secondary N) is 1. The van der Waals surface area contributed by atoms with Gasteiger partial charge in [0.15, 0.2) is 11.6 Å². The minimum atomic E-state index is -3.75. The molecule has 21 heavy (non-hydrogen) atoms. The monoisotopic (exact) mass is 309 g/mol. The van der Waals surface area contributed by atoms with Crippen LogP contribution >= 0.6 is 0 Å². The summed E-state index contributed by atoms with van der Waals surface area (Å²) in [6, 6.07) is 12.2. The number of sulfonamides is 1. The Morgan fingerprint density at radius 2 is 1.81 bits per heavy atom. The molecule has 2 aromatic carbocycles. The molecule has 1 unspecified atom stereocenters. The lowest BCUT2D eigenvalue weighted by atomic mass is 10.1. The quantitative estimate of drug-likeness (QED) is 0.924. The first-order valence-electron chi connectivity index (χ1n) is 6.35. The van der Waals surface area contributed by atoms with E-state index in [1.165, 1.54) is 13.2 Å². The van der Waals surface area contributed by atoms with Gasteiger partial charge in [0.2, 0.25) is 10.0 Å². The summed E-state index contributed by atoms with van der Waals surface area (Å²) in [7, 11) is -2.47. The molecule has 1 atom stereocenters. The van der Waals surface area contributed by atoms with Crippen molar-refractivity contribution in [1.29, 1.82) is 0 Å². The van der Waals surface area contributed by atoms with Crippen LogP contribution in [0, 0.1) is 5.82 Å². The maximum atomic E-state index is 13.3. The lowest BCUT2D eigenvalue weighted by Crippen LogP contribution is -2.26. The SMILES string of the molecule is COc1cc(S(=O)(=O)NC(C)c2ccccc2)ccc1F. The van der Waals surface area contributed by atoms with Gasteiger partial charge in [-0.2, -0.15) is 0 Å². The van der Waals surface area contributed by atoms with Gasteiger partial charge in [-0.15, -0.1) is 0 Å². The van der Waals surface area contributed by atoms with Crippen molar-refractivity contribution in [1.82, 2.24) is 4.72 Å². The van der Waals surface area contributed by atoms with Gasteiger partial charge in [-0.3, -0.25) is 0 Å². The number of ether oxygens (including phenoxy) is 1. The highest BCUT2D eigenvalue weighted by molar-refractivity contribution is 7.89. The average Bonchev–Trinajstić information content (AvgIpc) is 2.48. The minimum absolute atomic E-state index is 0.0384. The maximum absolute atomic E-state index is 13.3. The maximum Gasteiger partial charge on any atom is 0.241 e. The van der Waals surface area contributed by atoms with E-state index in [0.29, 0.717) is 0 Å². The molecular formula is C15H16FNO3S. The molecule has 0 aliphatic rings. The third-order valence-electron chi connectivity index (χ3n) is 3.06. The third-order valence-corrected chi connectivity index (χ3v) is 4.60. The molecule has 0 bridgehead atoms. The number of hydrogen-bond donors (Lipinski definition) is 1. The molecule has 0 saturated heterocycles. The Hall–Kier alpha value is -1.92. The summed E-state index contributed by atoms with van der Waals surface area (Å²) < 4.78 is 45.3. The third kappa shape index (κ3) is 3.59. The molecular weight excluding hydrogens is 293 g/mol. The van der Waals surface area contributed by atoms with Crippen LogP contribution in [-0.4, -0.2) is 15.5 Å². The lowest BCUT2D eigenvalue weighted by molar-refractivity contribution is 0.385. The largest absolute Gasteiger partial charge is 0.494 e. The fourth-order valence-electron chi connectivity index (χ4n) is 1.92. The molecule has 4 nitrogen and oxygen atoms in total. The van der Waals surface area contributed by atoms with E-state index in [4.69, 9.17) is 4.74 Å². The van der Waals surface area contributed by atoms with Crippen LogP contribution in [0.1, 0.15) is 18.5 Å². The highest BCUT2D eigenvalue weighted by Crippen LogP contribution is 2.23. The van der Waals surface area contributed by atoms with Crippen molar-refractivity contribution in [2.24, 2.45) is 0 Å². The summed E-state index contributed by atoms with van der Waals surface area (Å²) in [5.74, 6) is -0.710. The second-order valence-electron chi connectivity index (χ2n) is 4.55. The van der Waals surface area contributed by atoms with Crippen LogP contribution in [0.3, 0.4) is 0 Å². The topological polar surface area (TPSA) is 55.4 Å². The minimum Gasteiger partial charge on any atom is -0.494 e. The Kier molecular flexibility index (Phi) is 4.59. The van der Waals surface area contributed by atoms with Gasteiger partial charge in [0.05, 0.1) is 12.0 Å². The van der Waals surface area contributed by atoms with E-state index >= 15 is 0 Å². The summed E-state index contributed by atoms with van der Waals surface area (Å²) in [6.45, 7) is 1.74. The number of hydrogen-bond acceptors (Lipinski definition) is 3. The van der Waals surface area contributed by atoms with Crippen LogP contribution in [0.25, 0.3) is 0 Å².